The van der Waals surface area contributed by atoms with Crippen molar-refractivity contribution in [3.05, 3.63) is 17.3 Å². The number of aryl methyl sites for hydroxylation is 2. The van der Waals surface area contributed by atoms with Gasteiger partial charge in [-0.1, -0.05) is 0 Å². The molecule has 2 fully saturated rings. The number of aromatic nitrogens is 2. The molecule has 3 heterocycles. The molecule has 2 saturated heterocycles. The summed E-state index contributed by atoms with van der Waals surface area (Å²) < 4.78 is 5.33. The van der Waals surface area contributed by atoms with Gasteiger partial charge in [-0.15, -0.1) is 5.10 Å². The van der Waals surface area contributed by atoms with E-state index in [2.05, 4.69) is 26.5 Å². The van der Waals surface area contributed by atoms with E-state index in [0.717, 1.165) is 63.5 Å². The highest BCUT2D eigenvalue weighted by Crippen LogP contribution is 2.26. The summed E-state index contributed by atoms with van der Waals surface area (Å²) >= 11 is 0. The number of likely N-dealkylation sites (N-methyl/N-ethyl adjacent to an activating group) is 1. The summed E-state index contributed by atoms with van der Waals surface area (Å²) in [4.78, 5) is 16.4. The third kappa shape index (κ3) is 3.05. The summed E-state index contributed by atoms with van der Waals surface area (Å²) in [7, 11) is 1.88. The molecular weight excluding hydrogens is 306 g/mol. The SMILES string of the molecule is CN(C(=O)NC1CCOCC1)C1CN(c2cc3c(nn2)CCC3)C1. The first-order valence-electron chi connectivity index (χ1n) is 8.92. The van der Waals surface area contributed by atoms with Gasteiger partial charge in [0.2, 0.25) is 0 Å². The minimum Gasteiger partial charge on any atom is -0.381 e. The average molecular weight is 331 g/mol. The highest BCUT2D eigenvalue weighted by atomic mass is 16.5. The molecule has 1 N–H and O–H groups in total. The molecule has 1 aromatic heterocycles. The highest BCUT2D eigenvalue weighted by molar-refractivity contribution is 5.75. The first kappa shape index (κ1) is 15.6. The number of carbonyl (C=O) groups is 1. The van der Waals surface area contributed by atoms with Crippen LogP contribution in [0.5, 0.6) is 0 Å². The van der Waals surface area contributed by atoms with Gasteiger partial charge in [0.25, 0.3) is 0 Å². The molecule has 4 rings (SSSR count). The Balaban J connectivity index is 1.29. The van der Waals surface area contributed by atoms with Gasteiger partial charge < -0.3 is 19.9 Å². The molecule has 130 valence electrons. The number of urea groups is 1. The lowest BCUT2D eigenvalue weighted by molar-refractivity contribution is 0.0773. The lowest BCUT2D eigenvalue weighted by Gasteiger charge is -2.44. The maximum atomic E-state index is 12.4. The van der Waals surface area contributed by atoms with E-state index in [0.29, 0.717) is 0 Å². The van der Waals surface area contributed by atoms with Gasteiger partial charge in [-0.3, -0.25) is 0 Å². The fraction of sp³-hybridized carbons (Fsp3) is 0.706. The zero-order valence-corrected chi connectivity index (χ0v) is 14.2. The van der Waals surface area contributed by atoms with Gasteiger partial charge >= 0.3 is 6.03 Å². The minimum absolute atomic E-state index is 0.0200. The van der Waals surface area contributed by atoms with Crippen LogP contribution < -0.4 is 10.2 Å². The summed E-state index contributed by atoms with van der Waals surface area (Å²) in [6.07, 6.45) is 5.16. The normalized spacial score (nSPS) is 21.3. The lowest BCUT2D eigenvalue weighted by atomic mass is 10.1. The second-order valence-electron chi connectivity index (χ2n) is 7.03. The van der Waals surface area contributed by atoms with E-state index in [1.54, 1.807) is 0 Å². The number of hydrogen-bond donors (Lipinski definition) is 1. The Bertz CT molecular complexity index is 611. The fourth-order valence-corrected chi connectivity index (χ4v) is 3.64. The van der Waals surface area contributed by atoms with Crippen LogP contribution in [-0.2, 0) is 17.6 Å². The number of fused-ring (bicyclic) bond motifs is 1. The number of anilines is 1. The second kappa shape index (κ2) is 6.55. The Hall–Kier alpha value is -1.89. The number of ether oxygens (including phenoxy) is 1. The number of hydrogen-bond acceptors (Lipinski definition) is 5. The van der Waals surface area contributed by atoms with Crippen LogP contribution >= 0.6 is 0 Å². The Kier molecular flexibility index (Phi) is 4.26. The van der Waals surface area contributed by atoms with E-state index in [1.165, 1.54) is 12.0 Å². The summed E-state index contributed by atoms with van der Waals surface area (Å²) in [5.41, 5.74) is 2.50. The largest absolute Gasteiger partial charge is 0.381 e. The average Bonchev–Trinajstić information content (AvgIpc) is 3.02. The van der Waals surface area contributed by atoms with Gasteiger partial charge in [0.05, 0.1) is 11.7 Å². The molecule has 0 spiro atoms. The zero-order chi connectivity index (χ0) is 16.5. The van der Waals surface area contributed by atoms with Gasteiger partial charge in [0.1, 0.15) is 0 Å². The van der Waals surface area contributed by atoms with E-state index in [9.17, 15) is 4.79 Å². The van der Waals surface area contributed by atoms with E-state index in [4.69, 9.17) is 4.74 Å². The Morgan fingerprint density at radius 2 is 2.08 bits per heavy atom. The third-order valence-electron chi connectivity index (χ3n) is 5.41. The molecule has 0 aromatic carbocycles. The Morgan fingerprint density at radius 3 is 2.88 bits per heavy atom. The molecule has 2 aliphatic heterocycles. The zero-order valence-electron chi connectivity index (χ0n) is 14.2. The van der Waals surface area contributed by atoms with Crippen molar-refractivity contribution >= 4 is 11.8 Å². The van der Waals surface area contributed by atoms with Crippen molar-refractivity contribution in [3.8, 4) is 0 Å². The predicted octanol–water partition coefficient (Wildman–Crippen LogP) is 0.974. The first-order chi connectivity index (χ1) is 11.7. The minimum atomic E-state index is 0.0200. The van der Waals surface area contributed by atoms with Crippen LogP contribution in [0.3, 0.4) is 0 Å². The number of nitrogens with one attached hydrogen (secondary N) is 1. The standard InChI is InChI=1S/C17H25N5O2/c1-21(17(23)18-13-5-7-24-8-6-13)14-10-22(11-14)16-9-12-3-2-4-15(12)19-20-16/h9,13-14H,2-8,10-11H2,1H3,(H,18,23). The van der Waals surface area contributed by atoms with E-state index < -0.39 is 0 Å². The van der Waals surface area contributed by atoms with Crippen LogP contribution in [0.4, 0.5) is 10.6 Å². The van der Waals surface area contributed by atoms with Crippen LogP contribution in [0.1, 0.15) is 30.5 Å². The van der Waals surface area contributed by atoms with Crippen molar-refractivity contribution in [1.29, 1.82) is 0 Å². The molecule has 0 bridgehead atoms. The van der Waals surface area contributed by atoms with Crippen molar-refractivity contribution in [2.24, 2.45) is 0 Å². The van der Waals surface area contributed by atoms with Crippen molar-refractivity contribution in [3.63, 3.8) is 0 Å². The number of rotatable bonds is 3. The van der Waals surface area contributed by atoms with Crippen LogP contribution in [0.25, 0.3) is 0 Å². The summed E-state index contributed by atoms with van der Waals surface area (Å²) in [6, 6.07) is 2.67. The Morgan fingerprint density at radius 1 is 1.29 bits per heavy atom. The molecule has 3 aliphatic rings. The summed E-state index contributed by atoms with van der Waals surface area (Å²) in [5.74, 6) is 0.949. The van der Waals surface area contributed by atoms with Crippen molar-refractivity contribution in [2.45, 2.75) is 44.2 Å². The smallest absolute Gasteiger partial charge is 0.317 e. The van der Waals surface area contributed by atoms with Crippen LogP contribution in [0.2, 0.25) is 0 Å². The number of carbonyl (C=O) groups excluding carboxylic acids is 1. The van der Waals surface area contributed by atoms with E-state index >= 15 is 0 Å². The molecule has 0 saturated carbocycles. The molecule has 0 radical (unpaired) electrons. The van der Waals surface area contributed by atoms with Crippen molar-refractivity contribution < 1.29 is 9.53 Å². The van der Waals surface area contributed by atoms with E-state index in [-0.39, 0.29) is 18.1 Å². The number of amides is 2. The van der Waals surface area contributed by atoms with Gasteiger partial charge in [-0.25, -0.2) is 4.79 Å². The maximum absolute atomic E-state index is 12.4. The molecule has 7 nitrogen and oxygen atoms in total. The summed E-state index contributed by atoms with van der Waals surface area (Å²) in [5, 5.41) is 11.8. The lowest BCUT2D eigenvalue weighted by Crippen LogP contribution is -2.62. The third-order valence-corrected chi connectivity index (χ3v) is 5.41. The topological polar surface area (TPSA) is 70.6 Å². The molecule has 2 amide bonds. The van der Waals surface area contributed by atoms with Crippen LogP contribution in [0, 0.1) is 0 Å². The molecule has 24 heavy (non-hydrogen) atoms. The van der Waals surface area contributed by atoms with Crippen LogP contribution in [-0.4, -0.2) is 66.6 Å². The molecular formula is C17H25N5O2. The van der Waals surface area contributed by atoms with Gasteiger partial charge in [-0.2, -0.15) is 5.10 Å². The van der Waals surface area contributed by atoms with Crippen LogP contribution in [0.15, 0.2) is 6.07 Å². The fourth-order valence-electron chi connectivity index (χ4n) is 3.64. The second-order valence-corrected chi connectivity index (χ2v) is 7.03. The van der Waals surface area contributed by atoms with Gasteiger partial charge in [-0.05, 0) is 43.7 Å². The molecule has 7 heteroatoms. The van der Waals surface area contributed by atoms with Crippen molar-refractivity contribution in [1.82, 2.24) is 20.4 Å². The van der Waals surface area contributed by atoms with E-state index in [1.807, 2.05) is 11.9 Å². The molecule has 1 aliphatic carbocycles. The molecule has 0 unspecified atom stereocenters. The Labute approximate surface area is 142 Å². The highest BCUT2D eigenvalue weighted by Gasteiger charge is 2.34. The summed E-state index contributed by atoms with van der Waals surface area (Å²) in [6.45, 7) is 3.13. The predicted molar refractivity (Wildman–Crippen MR) is 90.2 cm³/mol. The molecule has 1 aromatic rings. The van der Waals surface area contributed by atoms with Crippen molar-refractivity contribution in [2.75, 3.05) is 38.3 Å². The molecule has 0 atom stereocenters. The van der Waals surface area contributed by atoms with Gasteiger partial charge in [0, 0.05) is 39.4 Å². The first-order valence-corrected chi connectivity index (χ1v) is 8.92. The van der Waals surface area contributed by atoms with Gasteiger partial charge in [0.15, 0.2) is 5.82 Å². The number of nitrogens with zero attached hydrogens (tertiary/aromatic N) is 4. The quantitative estimate of drug-likeness (QED) is 0.894. The maximum Gasteiger partial charge on any atom is 0.317 e. The monoisotopic (exact) mass is 331 g/mol.